The molecule has 0 aliphatic carbocycles. The molecule has 1 rings (SSSR count). The van der Waals surface area contributed by atoms with E-state index in [9.17, 15) is 9.59 Å². The maximum Gasteiger partial charge on any atom is 0.303 e. The second kappa shape index (κ2) is 7.28. The third kappa shape index (κ3) is 5.03. The highest BCUT2D eigenvalue weighted by molar-refractivity contribution is 9.10. The fraction of sp³-hybridized carbons (Fsp3) is 0.429. The number of aliphatic carboxylic acids is 1. The van der Waals surface area contributed by atoms with E-state index in [2.05, 4.69) is 21.2 Å². The number of halogens is 1. The van der Waals surface area contributed by atoms with E-state index in [1.807, 2.05) is 26.0 Å². The lowest BCUT2D eigenvalue weighted by atomic mass is 10.0. The summed E-state index contributed by atoms with van der Waals surface area (Å²) in [4.78, 5) is 22.7. The molecule has 5 heteroatoms. The first kappa shape index (κ1) is 15.7. The van der Waals surface area contributed by atoms with Gasteiger partial charge in [-0.2, -0.15) is 0 Å². The maximum absolute atomic E-state index is 12.0. The molecule has 19 heavy (non-hydrogen) atoms. The summed E-state index contributed by atoms with van der Waals surface area (Å²) in [5.74, 6) is -1.05. The van der Waals surface area contributed by atoms with Crippen LogP contribution in [0.2, 0.25) is 0 Å². The van der Waals surface area contributed by atoms with E-state index in [0.717, 1.165) is 16.5 Å². The molecule has 1 unspecified atom stereocenters. The van der Waals surface area contributed by atoms with Gasteiger partial charge in [0.25, 0.3) is 5.91 Å². The molecule has 0 radical (unpaired) electrons. The summed E-state index contributed by atoms with van der Waals surface area (Å²) in [5, 5.41) is 11.5. The summed E-state index contributed by atoms with van der Waals surface area (Å²) in [7, 11) is 0. The van der Waals surface area contributed by atoms with Crippen LogP contribution in [0.3, 0.4) is 0 Å². The Balaban J connectivity index is 2.64. The minimum Gasteiger partial charge on any atom is -0.481 e. The Morgan fingerprint density at radius 3 is 2.68 bits per heavy atom. The van der Waals surface area contributed by atoms with E-state index < -0.39 is 5.97 Å². The number of rotatable bonds is 6. The van der Waals surface area contributed by atoms with Crippen molar-refractivity contribution in [3.63, 3.8) is 0 Å². The zero-order valence-electron chi connectivity index (χ0n) is 11.1. The number of carboxylic acid groups (broad SMARTS) is 1. The molecule has 0 heterocycles. The van der Waals surface area contributed by atoms with Crippen molar-refractivity contribution >= 4 is 27.8 Å². The zero-order valence-corrected chi connectivity index (χ0v) is 12.7. The Morgan fingerprint density at radius 2 is 2.11 bits per heavy atom. The first-order chi connectivity index (χ1) is 8.93. The molecule has 104 valence electrons. The number of hydrogen-bond donors (Lipinski definition) is 2. The number of hydrogen-bond acceptors (Lipinski definition) is 2. The van der Waals surface area contributed by atoms with E-state index in [-0.39, 0.29) is 18.2 Å². The van der Waals surface area contributed by atoms with Crippen LogP contribution in [0.5, 0.6) is 0 Å². The Bertz CT molecular complexity index is 474. The van der Waals surface area contributed by atoms with Crippen LogP contribution in [0.25, 0.3) is 0 Å². The van der Waals surface area contributed by atoms with Gasteiger partial charge in [0.05, 0.1) is 5.56 Å². The van der Waals surface area contributed by atoms with Crippen molar-refractivity contribution in [2.45, 2.75) is 26.7 Å². The average molecular weight is 328 g/mol. The number of carboxylic acids is 1. The van der Waals surface area contributed by atoms with E-state index in [0.29, 0.717) is 12.1 Å². The second-order valence-electron chi connectivity index (χ2n) is 4.57. The summed E-state index contributed by atoms with van der Waals surface area (Å²) in [6, 6.07) is 5.55. The molecule has 1 aromatic rings. The molecule has 0 aliphatic heterocycles. The van der Waals surface area contributed by atoms with Crippen LogP contribution in [0.15, 0.2) is 22.7 Å². The number of nitrogens with one attached hydrogen (secondary N) is 1. The van der Waals surface area contributed by atoms with Gasteiger partial charge in [-0.15, -0.1) is 0 Å². The number of aryl methyl sites for hydroxylation is 1. The van der Waals surface area contributed by atoms with Crippen molar-refractivity contribution in [2.24, 2.45) is 5.92 Å². The third-order valence-corrected chi connectivity index (χ3v) is 3.65. The van der Waals surface area contributed by atoms with E-state index in [4.69, 9.17) is 5.11 Å². The van der Waals surface area contributed by atoms with Crippen LogP contribution in [-0.4, -0.2) is 23.5 Å². The number of carbonyl (C=O) groups is 2. The summed E-state index contributed by atoms with van der Waals surface area (Å²) in [5.41, 5.74) is 1.58. The van der Waals surface area contributed by atoms with Crippen molar-refractivity contribution in [2.75, 3.05) is 6.54 Å². The lowest BCUT2D eigenvalue weighted by Gasteiger charge is -2.14. The zero-order chi connectivity index (χ0) is 14.4. The molecule has 0 saturated heterocycles. The van der Waals surface area contributed by atoms with Crippen LogP contribution in [-0.2, 0) is 4.79 Å². The third-order valence-electron chi connectivity index (χ3n) is 2.96. The Morgan fingerprint density at radius 1 is 1.42 bits per heavy atom. The van der Waals surface area contributed by atoms with Gasteiger partial charge in [-0.25, -0.2) is 0 Å². The molecule has 1 amide bonds. The smallest absolute Gasteiger partial charge is 0.303 e. The molecular formula is C14H18BrNO3. The van der Waals surface area contributed by atoms with E-state index >= 15 is 0 Å². The molecule has 1 atom stereocenters. The normalized spacial score (nSPS) is 11.9. The fourth-order valence-electron chi connectivity index (χ4n) is 1.75. The second-order valence-corrected chi connectivity index (χ2v) is 5.42. The minimum absolute atomic E-state index is 0.0370. The highest BCUT2D eigenvalue weighted by atomic mass is 79.9. The number of benzene rings is 1. The van der Waals surface area contributed by atoms with Gasteiger partial charge in [-0.3, -0.25) is 9.59 Å². The molecule has 0 aromatic heterocycles. The number of amides is 1. The fourth-order valence-corrected chi connectivity index (χ4v) is 2.18. The monoisotopic (exact) mass is 327 g/mol. The molecule has 0 spiro atoms. The first-order valence-corrected chi connectivity index (χ1v) is 6.99. The van der Waals surface area contributed by atoms with Crippen LogP contribution in [0.1, 0.15) is 35.7 Å². The van der Waals surface area contributed by atoms with Crippen molar-refractivity contribution in [1.82, 2.24) is 5.32 Å². The van der Waals surface area contributed by atoms with Crippen molar-refractivity contribution in [3.8, 4) is 0 Å². The van der Waals surface area contributed by atoms with Crippen molar-refractivity contribution in [1.29, 1.82) is 0 Å². The van der Waals surface area contributed by atoms with E-state index in [1.165, 1.54) is 0 Å². The van der Waals surface area contributed by atoms with Gasteiger partial charge in [0, 0.05) is 17.4 Å². The van der Waals surface area contributed by atoms with Crippen molar-refractivity contribution in [3.05, 3.63) is 33.8 Å². The van der Waals surface area contributed by atoms with Gasteiger partial charge in [-0.05, 0) is 40.9 Å². The van der Waals surface area contributed by atoms with Gasteiger partial charge in [0.1, 0.15) is 0 Å². The van der Waals surface area contributed by atoms with Crippen LogP contribution >= 0.6 is 15.9 Å². The predicted molar refractivity (Wildman–Crippen MR) is 77.2 cm³/mol. The minimum atomic E-state index is -0.835. The van der Waals surface area contributed by atoms with Gasteiger partial charge >= 0.3 is 5.97 Å². The Hall–Kier alpha value is -1.36. The van der Waals surface area contributed by atoms with Gasteiger partial charge in [0.15, 0.2) is 0 Å². The first-order valence-electron chi connectivity index (χ1n) is 6.20. The maximum atomic E-state index is 12.0. The average Bonchev–Trinajstić information content (AvgIpc) is 2.36. The largest absolute Gasteiger partial charge is 0.481 e. The van der Waals surface area contributed by atoms with Crippen LogP contribution < -0.4 is 5.32 Å². The topological polar surface area (TPSA) is 66.4 Å². The summed E-state index contributed by atoms with van der Waals surface area (Å²) in [6.07, 6.45) is 0.799. The highest BCUT2D eigenvalue weighted by Crippen LogP contribution is 2.18. The lowest BCUT2D eigenvalue weighted by Crippen LogP contribution is -2.30. The molecule has 0 bridgehead atoms. The lowest BCUT2D eigenvalue weighted by molar-refractivity contribution is -0.138. The molecular weight excluding hydrogens is 310 g/mol. The van der Waals surface area contributed by atoms with Crippen LogP contribution in [0.4, 0.5) is 0 Å². The molecule has 1 aromatic carbocycles. The van der Waals surface area contributed by atoms with Crippen molar-refractivity contribution < 1.29 is 14.7 Å². The standard InChI is InChI=1S/C14H18BrNO3/c1-3-10(7-13(17)18)8-16-14(19)11-6-9(2)4-5-12(11)15/h4-6,10H,3,7-8H2,1-2H3,(H,16,19)(H,17,18). The number of carbonyl (C=O) groups excluding carboxylic acids is 1. The van der Waals surface area contributed by atoms with E-state index in [1.54, 1.807) is 6.07 Å². The molecule has 4 nitrogen and oxygen atoms in total. The van der Waals surface area contributed by atoms with Gasteiger partial charge in [0.2, 0.25) is 0 Å². The molecule has 0 aliphatic rings. The van der Waals surface area contributed by atoms with Crippen LogP contribution in [0, 0.1) is 12.8 Å². The van der Waals surface area contributed by atoms with Gasteiger partial charge in [-0.1, -0.05) is 25.0 Å². The summed E-state index contributed by atoms with van der Waals surface area (Å²) < 4.78 is 0.738. The quantitative estimate of drug-likeness (QED) is 0.844. The molecule has 0 saturated carbocycles. The molecule has 0 fully saturated rings. The molecule has 2 N–H and O–H groups in total. The SMILES string of the molecule is CCC(CNC(=O)c1cc(C)ccc1Br)CC(=O)O. The summed E-state index contributed by atoms with van der Waals surface area (Å²) in [6.45, 7) is 4.22. The Kier molecular flexibility index (Phi) is 6.02. The van der Waals surface area contributed by atoms with Gasteiger partial charge < -0.3 is 10.4 Å². The Labute approximate surface area is 121 Å². The summed E-state index contributed by atoms with van der Waals surface area (Å²) >= 11 is 3.34. The predicted octanol–water partition coefficient (Wildman–Crippen LogP) is 2.99. The highest BCUT2D eigenvalue weighted by Gasteiger charge is 2.14.